The van der Waals surface area contributed by atoms with E-state index in [0.717, 1.165) is 37.6 Å². The van der Waals surface area contributed by atoms with E-state index in [9.17, 15) is 4.79 Å². The van der Waals surface area contributed by atoms with Crippen LogP contribution >= 0.6 is 0 Å². The summed E-state index contributed by atoms with van der Waals surface area (Å²) in [6.45, 7) is 3.96. The van der Waals surface area contributed by atoms with Crippen LogP contribution in [0.1, 0.15) is 6.42 Å². The van der Waals surface area contributed by atoms with Gasteiger partial charge < -0.3 is 24.6 Å². The Kier molecular flexibility index (Phi) is 5.55. The van der Waals surface area contributed by atoms with Crippen LogP contribution in [-0.4, -0.2) is 56.9 Å². The summed E-state index contributed by atoms with van der Waals surface area (Å²) in [5.74, 6) is 1.93. The second-order valence-corrected chi connectivity index (χ2v) is 7.42. The summed E-state index contributed by atoms with van der Waals surface area (Å²) in [7, 11) is 1.63. The van der Waals surface area contributed by atoms with Crippen molar-refractivity contribution < 1.29 is 14.3 Å². The van der Waals surface area contributed by atoms with Crippen LogP contribution in [0.15, 0.2) is 54.6 Å². The molecular weight excluding hydrogens is 354 g/mol. The van der Waals surface area contributed by atoms with Crippen LogP contribution in [0.4, 0.5) is 10.5 Å². The lowest BCUT2D eigenvalue weighted by Crippen LogP contribution is -2.59. The molecule has 4 rings (SSSR count). The summed E-state index contributed by atoms with van der Waals surface area (Å²) in [5.41, 5.74) is 1.26. The molecule has 6 heteroatoms. The predicted molar refractivity (Wildman–Crippen MR) is 109 cm³/mol. The molecule has 6 nitrogen and oxygen atoms in total. The average molecular weight is 381 g/mol. The molecular formula is C22H27N3O3. The second kappa shape index (κ2) is 8.42. The summed E-state index contributed by atoms with van der Waals surface area (Å²) in [4.78, 5) is 16.6. The van der Waals surface area contributed by atoms with Gasteiger partial charge in [-0.2, -0.15) is 0 Å². The van der Waals surface area contributed by atoms with Crippen molar-refractivity contribution in [3.05, 3.63) is 54.6 Å². The number of amides is 2. The second-order valence-electron chi connectivity index (χ2n) is 7.42. The molecule has 0 aromatic heterocycles. The van der Waals surface area contributed by atoms with E-state index >= 15 is 0 Å². The van der Waals surface area contributed by atoms with E-state index in [1.54, 1.807) is 12.0 Å². The predicted octanol–water partition coefficient (Wildman–Crippen LogP) is 2.99. The van der Waals surface area contributed by atoms with E-state index < -0.39 is 0 Å². The van der Waals surface area contributed by atoms with Gasteiger partial charge in [0.15, 0.2) is 11.5 Å². The van der Waals surface area contributed by atoms with E-state index in [-0.39, 0.29) is 12.1 Å². The lowest BCUT2D eigenvalue weighted by Gasteiger charge is -2.39. The molecule has 0 unspecified atom stereocenters. The molecule has 2 aliphatic heterocycles. The van der Waals surface area contributed by atoms with Gasteiger partial charge in [-0.3, -0.25) is 0 Å². The topological polar surface area (TPSA) is 54.0 Å². The largest absolute Gasteiger partial charge is 0.493 e. The first-order valence-corrected chi connectivity index (χ1v) is 9.85. The van der Waals surface area contributed by atoms with E-state index in [1.165, 1.54) is 5.69 Å². The van der Waals surface area contributed by atoms with Gasteiger partial charge in [0.2, 0.25) is 0 Å². The monoisotopic (exact) mass is 381 g/mol. The molecule has 2 aromatic rings. The number of ether oxygens (including phenoxy) is 2. The maximum absolute atomic E-state index is 12.4. The van der Waals surface area contributed by atoms with Gasteiger partial charge in [0.25, 0.3) is 0 Å². The summed E-state index contributed by atoms with van der Waals surface area (Å²) in [5, 5.41) is 3.09. The molecule has 2 fully saturated rings. The van der Waals surface area contributed by atoms with Gasteiger partial charge >= 0.3 is 6.03 Å². The molecule has 28 heavy (non-hydrogen) atoms. The van der Waals surface area contributed by atoms with Gasteiger partial charge in [-0.15, -0.1) is 0 Å². The molecule has 1 N–H and O–H groups in total. The number of hydrogen-bond donors (Lipinski definition) is 1. The Bertz CT molecular complexity index is 793. The molecule has 0 aliphatic carbocycles. The average Bonchev–Trinajstić information content (AvgIpc) is 3.18. The first kappa shape index (κ1) is 18.5. The van der Waals surface area contributed by atoms with Crippen molar-refractivity contribution in [3.63, 3.8) is 0 Å². The van der Waals surface area contributed by atoms with Crippen LogP contribution in [0.3, 0.4) is 0 Å². The Morgan fingerprint density at radius 2 is 1.75 bits per heavy atom. The molecule has 0 bridgehead atoms. The lowest BCUT2D eigenvalue weighted by atomic mass is 10.1. The van der Waals surface area contributed by atoms with E-state index in [1.807, 2.05) is 30.3 Å². The zero-order chi connectivity index (χ0) is 19.3. The van der Waals surface area contributed by atoms with Crippen LogP contribution in [-0.2, 0) is 0 Å². The van der Waals surface area contributed by atoms with Crippen molar-refractivity contribution in [2.45, 2.75) is 12.5 Å². The van der Waals surface area contributed by atoms with Crippen molar-refractivity contribution in [3.8, 4) is 11.5 Å². The molecule has 2 aromatic carbocycles. The van der Waals surface area contributed by atoms with Crippen molar-refractivity contribution in [2.75, 3.05) is 44.7 Å². The van der Waals surface area contributed by atoms with E-state index in [2.05, 4.69) is 34.5 Å². The SMILES string of the molecule is COc1ccccc1OC1CN(C(=O)NC[C@H]2CCN(c3ccccc3)C2)C1. The number of urea groups is 1. The molecule has 0 radical (unpaired) electrons. The third kappa shape index (κ3) is 4.16. The maximum atomic E-state index is 12.4. The van der Waals surface area contributed by atoms with Gasteiger partial charge in [0.05, 0.1) is 20.2 Å². The molecule has 0 spiro atoms. The van der Waals surface area contributed by atoms with Crippen molar-refractivity contribution >= 4 is 11.7 Å². The lowest BCUT2D eigenvalue weighted by molar-refractivity contribution is 0.0425. The standard InChI is InChI=1S/C22H27N3O3/c1-27-20-9-5-6-10-21(20)28-19-15-25(16-19)22(26)23-13-17-11-12-24(14-17)18-7-3-2-4-8-18/h2-10,17,19H,11-16H2,1H3,(H,23,26)/t17-/m1/s1. The molecule has 0 saturated carbocycles. The van der Waals surface area contributed by atoms with Crippen LogP contribution in [0.25, 0.3) is 0 Å². The Labute approximate surface area is 166 Å². The molecule has 2 aliphatic rings. The summed E-state index contributed by atoms with van der Waals surface area (Å²) in [6.07, 6.45) is 1.12. The number of benzene rings is 2. The first-order valence-electron chi connectivity index (χ1n) is 9.85. The van der Waals surface area contributed by atoms with Crippen molar-refractivity contribution in [2.24, 2.45) is 5.92 Å². The first-order chi connectivity index (χ1) is 13.7. The number of nitrogens with zero attached hydrogens (tertiary/aromatic N) is 2. The highest BCUT2D eigenvalue weighted by Gasteiger charge is 2.33. The third-order valence-corrected chi connectivity index (χ3v) is 5.45. The van der Waals surface area contributed by atoms with Crippen LogP contribution in [0.5, 0.6) is 11.5 Å². The van der Waals surface area contributed by atoms with E-state index in [0.29, 0.717) is 19.0 Å². The normalized spacial score (nSPS) is 19.2. The minimum atomic E-state index is -0.00182. The minimum absolute atomic E-state index is 0.00182. The number of carbonyl (C=O) groups is 1. The zero-order valence-corrected chi connectivity index (χ0v) is 16.2. The molecule has 2 saturated heterocycles. The van der Waals surface area contributed by atoms with E-state index in [4.69, 9.17) is 9.47 Å². The highest BCUT2D eigenvalue weighted by molar-refractivity contribution is 5.75. The minimum Gasteiger partial charge on any atom is -0.493 e. The van der Waals surface area contributed by atoms with Gasteiger partial charge in [0, 0.05) is 25.3 Å². The highest BCUT2D eigenvalue weighted by atomic mass is 16.5. The number of hydrogen-bond acceptors (Lipinski definition) is 4. The fraction of sp³-hybridized carbons (Fsp3) is 0.409. The Balaban J connectivity index is 1.18. The Morgan fingerprint density at radius 1 is 1.04 bits per heavy atom. The Hall–Kier alpha value is -2.89. The quantitative estimate of drug-likeness (QED) is 0.836. The van der Waals surface area contributed by atoms with Gasteiger partial charge in [-0.05, 0) is 36.6 Å². The maximum Gasteiger partial charge on any atom is 0.317 e. The molecule has 2 amide bonds. The number of para-hydroxylation sites is 3. The van der Waals surface area contributed by atoms with Crippen LogP contribution in [0, 0.1) is 5.92 Å². The number of nitrogens with one attached hydrogen (secondary N) is 1. The zero-order valence-electron chi connectivity index (χ0n) is 16.2. The fourth-order valence-electron chi connectivity index (χ4n) is 3.79. The molecule has 1 atom stereocenters. The summed E-state index contributed by atoms with van der Waals surface area (Å²) >= 11 is 0. The fourth-order valence-corrected chi connectivity index (χ4v) is 3.79. The van der Waals surface area contributed by atoms with Crippen LogP contribution in [0.2, 0.25) is 0 Å². The van der Waals surface area contributed by atoms with Gasteiger partial charge in [-0.25, -0.2) is 4.79 Å². The molecule has 2 heterocycles. The summed E-state index contributed by atoms with van der Waals surface area (Å²) < 4.78 is 11.2. The smallest absolute Gasteiger partial charge is 0.317 e. The number of anilines is 1. The molecule has 148 valence electrons. The highest BCUT2D eigenvalue weighted by Crippen LogP contribution is 2.28. The number of carbonyl (C=O) groups excluding carboxylic acids is 1. The van der Waals surface area contributed by atoms with Crippen molar-refractivity contribution in [1.29, 1.82) is 0 Å². The number of likely N-dealkylation sites (tertiary alicyclic amines) is 1. The Morgan fingerprint density at radius 3 is 2.50 bits per heavy atom. The third-order valence-electron chi connectivity index (χ3n) is 5.45. The number of methoxy groups -OCH3 is 1. The summed E-state index contributed by atoms with van der Waals surface area (Å²) in [6, 6.07) is 18.0. The van der Waals surface area contributed by atoms with Gasteiger partial charge in [0.1, 0.15) is 6.10 Å². The van der Waals surface area contributed by atoms with Crippen LogP contribution < -0.4 is 19.7 Å². The van der Waals surface area contributed by atoms with Crippen molar-refractivity contribution in [1.82, 2.24) is 10.2 Å². The van der Waals surface area contributed by atoms with Gasteiger partial charge in [-0.1, -0.05) is 30.3 Å². The number of rotatable bonds is 6.